The van der Waals surface area contributed by atoms with E-state index in [-0.39, 0.29) is 0 Å². The molecule has 1 aliphatic heterocycles. The molecule has 0 amide bonds. The van der Waals surface area contributed by atoms with Crippen LogP contribution in [0.4, 0.5) is 0 Å². The van der Waals surface area contributed by atoms with Gasteiger partial charge >= 0.3 is 0 Å². The lowest BCUT2D eigenvalue weighted by Crippen LogP contribution is -2.11. The van der Waals surface area contributed by atoms with Crippen LogP contribution in [-0.2, 0) is 6.42 Å². The maximum atomic E-state index is 6.23. The van der Waals surface area contributed by atoms with E-state index in [2.05, 4.69) is 54.8 Å². The number of hydrogen-bond donors (Lipinski definition) is 1. The third kappa shape index (κ3) is 6.62. The average molecular weight is 501 g/mol. The molecule has 0 saturated carbocycles. The number of nitrogens with two attached hydrogens (primary N) is 1. The smallest absolute Gasteiger partial charge is 0.122 e. The van der Waals surface area contributed by atoms with Gasteiger partial charge in [0.05, 0.1) is 6.61 Å². The second-order valence-corrected chi connectivity index (χ2v) is 12.7. The first kappa shape index (κ1) is 21.9. The van der Waals surface area contributed by atoms with Gasteiger partial charge in [-0.25, -0.2) is 0 Å². The summed E-state index contributed by atoms with van der Waals surface area (Å²) in [7, 11) is 0. The summed E-state index contributed by atoms with van der Waals surface area (Å²) in [6.45, 7) is 5.28. The second-order valence-electron chi connectivity index (χ2n) is 7.66. The van der Waals surface area contributed by atoms with Crippen LogP contribution >= 0.6 is 19.1 Å². The van der Waals surface area contributed by atoms with Crippen molar-refractivity contribution < 1.29 is 4.74 Å². The molecule has 29 heavy (non-hydrogen) atoms. The fraction of sp³-hybridized carbons (Fsp3) is 0.385. The van der Waals surface area contributed by atoms with Gasteiger partial charge in [-0.2, -0.15) is 0 Å². The van der Waals surface area contributed by atoms with Crippen molar-refractivity contribution in [3.05, 3.63) is 72.0 Å². The Morgan fingerprint density at radius 1 is 1.14 bits per heavy atom. The van der Waals surface area contributed by atoms with Crippen LogP contribution in [0, 0.1) is 10.2 Å². The Hall–Kier alpha value is -1.77. The van der Waals surface area contributed by atoms with Crippen molar-refractivity contribution in [3.8, 4) is 21.2 Å². The van der Waals surface area contributed by atoms with Gasteiger partial charge in [0, 0.05) is 6.42 Å². The fourth-order valence-electron chi connectivity index (χ4n) is 3.75. The van der Waals surface area contributed by atoms with Gasteiger partial charge in [-0.15, -0.1) is 29.2 Å². The Balaban J connectivity index is 1.79. The van der Waals surface area contributed by atoms with Crippen LogP contribution < -0.4 is 10.5 Å². The van der Waals surface area contributed by atoms with Crippen molar-refractivity contribution in [1.82, 2.24) is 0 Å². The summed E-state index contributed by atoms with van der Waals surface area (Å²) in [5.41, 5.74) is 13.8. The number of benzene rings is 2. The first-order valence-electron chi connectivity index (χ1n) is 10.4. The Kier molecular flexibility index (Phi) is 8.64. The number of halogens is 1. The van der Waals surface area contributed by atoms with E-state index in [0.717, 1.165) is 30.9 Å². The van der Waals surface area contributed by atoms with Crippen LogP contribution in [0.2, 0.25) is 0 Å². The molecule has 2 aromatic carbocycles. The van der Waals surface area contributed by atoms with Crippen LogP contribution in [0.25, 0.3) is 11.1 Å². The predicted molar refractivity (Wildman–Crippen MR) is 133 cm³/mol. The minimum absolute atomic E-state index is 0.642. The van der Waals surface area contributed by atoms with Gasteiger partial charge in [-0.05, 0) is 81.4 Å². The van der Waals surface area contributed by atoms with Crippen molar-refractivity contribution in [2.24, 2.45) is 11.7 Å². The zero-order valence-electron chi connectivity index (χ0n) is 17.2. The largest absolute Gasteiger partial charge is 0.493 e. The van der Waals surface area contributed by atoms with Crippen LogP contribution in [0.5, 0.6) is 5.75 Å². The van der Waals surface area contributed by atoms with Crippen molar-refractivity contribution >= 4 is 19.1 Å². The molecular formula is C26H32INO. The first-order valence-corrected chi connectivity index (χ1v) is 14.7. The van der Waals surface area contributed by atoms with Gasteiger partial charge in [0.25, 0.3) is 0 Å². The van der Waals surface area contributed by atoms with Crippen molar-refractivity contribution in [3.63, 3.8) is 0 Å². The van der Waals surface area contributed by atoms with Gasteiger partial charge in [-0.1, -0.05) is 43.0 Å². The van der Waals surface area contributed by atoms with Crippen LogP contribution in [0.3, 0.4) is 0 Å². The minimum atomic E-state index is -1.06. The molecule has 154 valence electrons. The van der Waals surface area contributed by atoms with Crippen molar-refractivity contribution in [1.29, 1.82) is 0 Å². The van der Waals surface area contributed by atoms with Gasteiger partial charge in [0.2, 0.25) is 0 Å². The summed E-state index contributed by atoms with van der Waals surface area (Å²) in [5.74, 6) is 1.68. The molecule has 1 fully saturated rings. The van der Waals surface area contributed by atoms with Gasteiger partial charge in [0.1, 0.15) is 5.75 Å². The van der Waals surface area contributed by atoms with E-state index in [9.17, 15) is 0 Å². The molecule has 1 saturated heterocycles. The highest BCUT2D eigenvalue weighted by Crippen LogP contribution is 2.36. The normalized spacial score (nSPS) is 15.0. The first-order chi connectivity index (χ1) is 14.2. The van der Waals surface area contributed by atoms with E-state index >= 15 is 0 Å². The standard InChI is InChI=1S/C26H32INO/c1-3-21(18-22-12-14-27(2)15-13-22)19-25-20-24(23-8-5-4-6-9-23)10-11-26(25)29-17-7-16-28/h2,4-6,8-11,20,22H,1,7,12-19,28H2. The van der Waals surface area contributed by atoms with E-state index in [4.69, 9.17) is 14.8 Å². The molecule has 0 spiro atoms. The Labute approximate surface area is 182 Å². The molecule has 2 N–H and O–H groups in total. The molecule has 0 unspecified atom stereocenters. The van der Waals surface area contributed by atoms with Crippen molar-refractivity contribution in [2.75, 3.05) is 22.0 Å². The number of alkyl halides is 2. The summed E-state index contributed by atoms with van der Waals surface area (Å²) in [6, 6.07) is 17.0. The van der Waals surface area contributed by atoms with Gasteiger partial charge in [0.15, 0.2) is 0 Å². The lowest BCUT2D eigenvalue weighted by molar-refractivity contribution is 0.310. The minimum Gasteiger partial charge on any atom is -0.493 e. The van der Waals surface area contributed by atoms with E-state index in [0.29, 0.717) is 13.2 Å². The summed E-state index contributed by atoms with van der Waals surface area (Å²) in [6.07, 6.45) is 5.32. The van der Waals surface area contributed by atoms with Gasteiger partial charge < -0.3 is 10.5 Å². The van der Waals surface area contributed by atoms with E-state index < -0.39 is 19.1 Å². The second kappa shape index (κ2) is 11.4. The molecular weight excluding hydrogens is 469 g/mol. The maximum Gasteiger partial charge on any atom is 0.122 e. The fourth-order valence-corrected chi connectivity index (χ4v) is 7.65. The summed E-state index contributed by atoms with van der Waals surface area (Å²) in [4.78, 5) is 0. The SMILES string of the molecule is C#I1CCC(CC(=C=C)Cc2cc(-c3ccccc3)ccc2OCCCN)CC1. The number of ether oxygens (including phenoxy) is 1. The molecule has 0 aliphatic carbocycles. The number of allylic oxidation sites excluding steroid dienone is 1. The Bertz CT molecular complexity index is 907. The average Bonchev–Trinajstić information content (AvgIpc) is 2.76. The Morgan fingerprint density at radius 2 is 1.90 bits per heavy atom. The lowest BCUT2D eigenvalue weighted by Gasteiger charge is -2.23. The quantitative estimate of drug-likeness (QED) is 0.191. The molecule has 2 aromatic rings. The number of hydrogen-bond acceptors (Lipinski definition) is 2. The highest BCUT2D eigenvalue weighted by Gasteiger charge is 2.18. The molecule has 1 aliphatic rings. The zero-order valence-corrected chi connectivity index (χ0v) is 19.4. The molecule has 0 atom stereocenters. The summed E-state index contributed by atoms with van der Waals surface area (Å²) >= 11 is -1.06. The van der Waals surface area contributed by atoms with Crippen LogP contribution in [-0.4, -0.2) is 22.0 Å². The molecule has 3 heteroatoms. The molecule has 3 rings (SSSR count). The van der Waals surface area contributed by atoms with Crippen LogP contribution in [0.1, 0.15) is 31.2 Å². The molecule has 0 bridgehead atoms. The molecule has 2 nitrogen and oxygen atoms in total. The van der Waals surface area contributed by atoms with E-state index in [1.807, 2.05) is 6.07 Å². The lowest BCUT2D eigenvalue weighted by atomic mass is 9.90. The number of rotatable bonds is 9. The maximum absolute atomic E-state index is 6.23. The van der Waals surface area contributed by atoms with E-state index in [1.165, 1.54) is 44.0 Å². The summed E-state index contributed by atoms with van der Waals surface area (Å²) in [5, 5.41) is 0. The molecule has 0 radical (unpaired) electrons. The Morgan fingerprint density at radius 3 is 2.59 bits per heavy atom. The third-order valence-corrected chi connectivity index (χ3v) is 9.50. The molecule has 0 aromatic heterocycles. The van der Waals surface area contributed by atoms with Gasteiger partial charge in [-0.3, -0.25) is 0 Å². The van der Waals surface area contributed by atoms with E-state index in [1.54, 1.807) is 0 Å². The zero-order chi connectivity index (χ0) is 20.5. The highest BCUT2D eigenvalue weighted by atomic mass is 127. The van der Waals surface area contributed by atoms with Crippen molar-refractivity contribution in [2.45, 2.75) is 32.1 Å². The topological polar surface area (TPSA) is 35.2 Å². The summed E-state index contributed by atoms with van der Waals surface area (Å²) < 4.78 is 14.9. The third-order valence-electron chi connectivity index (χ3n) is 5.48. The molecule has 1 heterocycles. The monoisotopic (exact) mass is 501 g/mol. The predicted octanol–water partition coefficient (Wildman–Crippen LogP) is 6.23. The highest BCUT2D eigenvalue weighted by molar-refractivity contribution is 14.2. The van der Waals surface area contributed by atoms with Crippen LogP contribution in [0.15, 0.2) is 66.4 Å².